The second-order valence-electron chi connectivity index (χ2n) is 7.01. The zero-order valence-electron chi connectivity index (χ0n) is 17.4. The molecule has 162 valence electrons. The Morgan fingerprint density at radius 3 is 2.52 bits per heavy atom. The predicted molar refractivity (Wildman–Crippen MR) is 125 cm³/mol. The first-order chi connectivity index (χ1) is 13.3. The van der Waals surface area contributed by atoms with Gasteiger partial charge in [-0.25, -0.2) is 0 Å². The monoisotopic (exact) mass is 440 g/mol. The van der Waals surface area contributed by atoms with Crippen LogP contribution in [0.4, 0.5) is 0 Å². The summed E-state index contributed by atoms with van der Waals surface area (Å²) in [5, 5.41) is 3.64. The van der Waals surface area contributed by atoms with Gasteiger partial charge in [-0.2, -0.15) is 0 Å². The van der Waals surface area contributed by atoms with E-state index in [-0.39, 0.29) is 24.8 Å². The molecule has 0 bridgehead atoms. The summed E-state index contributed by atoms with van der Waals surface area (Å²) < 4.78 is 12.0. The van der Waals surface area contributed by atoms with Gasteiger partial charge in [0.1, 0.15) is 6.61 Å². The van der Waals surface area contributed by atoms with Crippen LogP contribution in [0.2, 0.25) is 0 Å². The van der Waals surface area contributed by atoms with Crippen molar-refractivity contribution in [2.45, 2.75) is 45.9 Å². The predicted octanol–water partition coefficient (Wildman–Crippen LogP) is 5.08. The zero-order valence-corrected chi connectivity index (χ0v) is 19.1. The summed E-state index contributed by atoms with van der Waals surface area (Å²) in [5.74, 6) is 1.68. The van der Waals surface area contributed by atoms with Gasteiger partial charge in [0.2, 0.25) is 0 Å². The normalized spacial score (nSPS) is 16.0. The Balaban J connectivity index is 0.00000210. The number of para-hydroxylation sites is 1. The first-order valence-electron chi connectivity index (χ1n) is 10.2. The maximum Gasteiger partial charge on any atom is 0.166 e. The van der Waals surface area contributed by atoms with E-state index >= 15 is 0 Å². The fraction of sp³-hybridized carbons (Fsp3) is 0.478. The Kier molecular flexibility index (Phi) is 12.1. The molecule has 1 unspecified atom stereocenters. The molecule has 0 saturated carbocycles. The van der Waals surface area contributed by atoms with Crippen molar-refractivity contribution in [3.8, 4) is 11.5 Å². The van der Waals surface area contributed by atoms with Crippen LogP contribution in [-0.2, 0) is 13.2 Å². The number of nitrogens with one attached hydrogen (secondary N) is 1. The van der Waals surface area contributed by atoms with E-state index in [9.17, 15) is 0 Å². The minimum atomic E-state index is 0. The molecular formula is C23H34Cl2N2O2. The highest BCUT2D eigenvalue weighted by Gasteiger charge is 2.22. The first kappa shape index (κ1) is 25.6. The van der Waals surface area contributed by atoms with Crippen LogP contribution in [0, 0.1) is 0 Å². The summed E-state index contributed by atoms with van der Waals surface area (Å²) in [4.78, 5) is 2.57. The van der Waals surface area contributed by atoms with Gasteiger partial charge in [-0.15, -0.1) is 24.8 Å². The molecule has 0 amide bonds. The van der Waals surface area contributed by atoms with Gasteiger partial charge in [0.25, 0.3) is 0 Å². The van der Waals surface area contributed by atoms with Gasteiger partial charge in [0.15, 0.2) is 11.5 Å². The summed E-state index contributed by atoms with van der Waals surface area (Å²) in [6.07, 6.45) is 2.60. The second-order valence-corrected chi connectivity index (χ2v) is 7.01. The Morgan fingerprint density at radius 1 is 1.00 bits per heavy atom. The van der Waals surface area contributed by atoms with E-state index < -0.39 is 0 Å². The van der Waals surface area contributed by atoms with E-state index in [1.807, 2.05) is 37.3 Å². The molecule has 1 saturated heterocycles. The van der Waals surface area contributed by atoms with E-state index in [0.29, 0.717) is 19.3 Å². The van der Waals surface area contributed by atoms with E-state index in [4.69, 9.17) is 9.47 Å². The van der Waals surface area contributed by atoms with Crippen LogP contribution in [0.5, 0.6) is 11.5 Å². The molecule has 1 N–H and O–H groups in total. The minimum Gasteiger partial charge on any atom is -0.490 e. The average molecular weight is 441 g/mol. The largest absolute Gasteiger partial charge is 0.490 e. The van der Waals surface area contributed by atoms with Crippen molar-refractivity contribution in [2.24, 2.45) is 0 Å². The van der Waals surface area contributed by atoms with Gasteiger partial charge in [-0.3, -0.25) is 4.90 Å². The van der Waals surface area contributed by atoms with Crippen molar-refractivity contribution in [1.82, 2.24) is 10.2 Å². The molecule has 4 nitrogen and oxygen atoms in total. The lowest BCUT2D eigenvalue weighted by atomic mass is 10.1. The third-order valence-corrected chi connectivity index (χ3v) is 5.19. The number of benzene rings is 2. The third kappa shape index (κ3) is 7.38. The number of ether oxygens (including phenoxy) is 2. The lowest BCUT2D eigenvalue weighted by molar-refractivity contribution is 0.256. The molecule has 6 heteroatoms. The molecule has 2 aromatic carbocycles. The number of likely N-dealkylation sites (tertiary alicyclic amines) is 1. The summed E-state index contributed by atoms with van der Waals surface area (Å²) in [6.45, 7) is 9.61. The lowest BCUT2D eigenvalue weighted by Gasteiger charge is -2.23. The molecule has 29 heavy (non-hydrogen) atoms. The van der Waals surface area contributed by atoms with Crippen molar-refractivity contribution in [1.29, 1.82) is 0 Å². The Morgan fingerprint density at radius 2 is 1.79 bits per heavy atom. The van der Waals surface area contributed by atoms with Gasteiger partial charge < -0.3 is 14.8 Å². The topological polar surface area (TPSA) is 33.7 Å². The Labute approximate surface area is 187 Å². The summed E-state index contributed by atoms with van der Waals surface area (Å²) in [5.41, 5.74) is 2.31. The number of hydrogen-bond donors (Lipinski definition) is 1. The quantitative estimate of drug-likeness (QED) is 0.558. The number of nitrogens with zero attached hydrogens (tertiary/aromatic N) is 1. The van der Waals surface area contributed by atoms with Crippen molar-refractivity contribution >= 4 is 24.8 Å². The molecule has 1 aliphatic rings. The fourth-order valence-electron chi connectivity index (χ4n) is 3.78. The standard InChI is InChI=1S/C23H32N2O2.2ClH/c1-3-25-15-9-13-21(25)17-24-16-20-12-8-14-22(26-4-2)23(20)27-18-19-10-6-5-7-11-19;;/h5-8,10-12,14,21,24H,3-4,9,13,15-18H2,1-2H3;2*1H. The number of hydrogen-bond acceptors (Lipinski definition) is 4. The molecule has 1 heterocycles. The van der Waals surface area contributed by atoms with Crippen LogP contribution in [0.25, 0.3) is 0 Å². The number of rotatable bonds is 10. The minimum absolute atomic E-state index is 0. The van der Waals surface area contributed by atoms with Crippen molar-refractivity contribution in [3.05, 3.63) is 59.7 Å². The van der Waals surface area contributed by atoms with Gasteiger partial charge >= 0.3 is 0 Å². The third-order valence-electron chi connectivity index (χ3n) is 5.19. The molecule has 0 radical (unpaired) electrons. The van der Waals surface area contributed by atoms with Crippen LogP contribution < -0.4 is 14.8 Å². The number of halogens is 2. The molecule has 1 aliphatic heterocycles. The highest BCUT2D eigenvalue weighted by Crippen LogP contribution is 2.32. The molecule has 0 aromatic heterocycles. The molecule has 2 aromatic rings. The number of likely N-dealkylation sites (N-methyl/N-ethyl adjacent to an activating group) is 1. The van der Waals surface area contributed by atoms with E-state index in [1.165, 1.54) is 19.4 Å². The Bertz CT molecular complexity index is 701. The van der Waals surface area contributed by atoms with Crippen molar-refractivity contribution in [3.63, 3.8) is 0 Å². The second kappa shape index (κ2) is 13.7. The molecular weight excluding hydrogens is 407 g/mol. The van der Waals surface area contributed by atoms with Crippen LogP contribution in [0.3, 0.4) is 0 Å². The molecule has 0 spiro atoms. The fourth-order valence-corrected chi connectivity index (χ4v) is 3.78. The van der Waals surface area contributed by atoms with Crippen molar-refractivity contribution < 1.29 is 9.47 Å². The highest BCUT2D eigenvalue weighted by atomic mass is 35.5. The van der Waals surface area contributed by atoms with Gasteiger partial charge in [0.05, 0.1) is 6.61 Å². The molecule has 1 fully saturated rings. The maximum atomic E-state index is 6.20. The molecule has 1 atom stereocenters. The zero-order chi connectivity index (χ0) is 18.9. The van der Waals surface area contributed by atoms with E-state index in [1.54, 1.807) is 0 Å². The summed E-state index contributed by atoms with van der Waals surface area (Å²) >= 11 is 0. The van der Waals surface area contributed by atoms with E-state index in [2.05, 4.69) is 35.3 Å². The van der Waals surface area contributed by atoms with Crippen LogP contribution in [0.1, 0.15) is 37.8 Å². The molecule has 0 aliphatic carbocycles. The van der Waals surface area contributed by atoms with Gasteiger partial charge in [-0.05, 0) is 44.5 Å². The van der Waals surface area contributed by atoms with Gasteiger partial charge in [-0.1, -0.05) is 49.4 Å². The average Bonchev–Trinajstić information content (AvgIpc) is 3.16. The van der Waals surface area contributed by atoms with E-state index in [0.717, 1.165) is 42.3 Å². The SMILES string of the molecule is CCOc1cccc(CNCC2CCCN2CC)c1OCc1ccccc1.Cl.Cl. The first-order valence-corrected chi connectivity index (χ1v) is 10.2. The highest BCUT2D eigenvalue weighted by molar-refractivity contribution is 5.85. The lowest BCUT2D eigenvalue weighted by Crippen LogP contribution is -2.37. The van der Waals surface area contributed by atoms with Gasteiger partial charge in [0, 0.05) is 24.7 Å². The molecule has 3 rings (SSSR count). The van der Waals surface area contributed by atoms with Crippen LogP contribution in [0.15, 0.2) is 48.5 Å². The summed E-state index contributed by atoms with van der Waals surface area (Å²) in [7, 11) is 0. The van der Waals surface area contributed by atoms with Crippen LogP contribution in [-0.4, -0.2) is 37.2 Å². The van der Waals surface area contributed by atoms with Crippen molar-refractivity contribution in [2.75, 3.05) is 26.2 Å². The summed E-state index contributed by atoms with van der Waals surface area (Å²) in [6, 6.07) is 17.1. The van der Waals surface area contributed by atoms with Crippen LogP contribution >= 0.6 is 24.8 Å². The smallest absolute Gasteiger partial charge is 0.166 e. The maximum absolute atomic E-state index is 6.20. The Hall–Kier alpha value is -1.46.